The van der Waals surface area contributed by atoms with E-state index in [1.807, 2.05) is 53.7 Å². The van der Waals surface area contributed by atoms with Gasteiger partial charge in [-0.15, -0.1) is 0 Å². The van der Waals surface area contributed by atoms with E-state index in [-0.39, 0.29) is 24.5 Å². The second kappa shape index (κ2) is 13.2. The molecular formula is C31H48N2O6. The van der Waals surface area contributed by atoms with E-state index in [9.17, 15) is 14.4 Å². The minimum atomic E-state index is -0.527. The molecule has 0 bridgehead atoms. The van der Waals surface area contributed by atoms with E-state index in [2.05, 4.69) is 17.0 Å². The van der Waals surface area contributed by atoms with Crippen molar-refractivity contribution in [3.63, 3.8) is 0 Å². The fourth-order valence-electron chi connectivity index (χ4n) is 5.61. The Hall–Kier alpha value is -2.61. The maximum atomic E-state index is 12.5. The maximum Gasteiger partial charge on any atom is 0.410 e. The Labute approximate surface area is 234 Å². The van der Waals surface area contributed by atoms with Crippen molar-refractivity contribution >= 4 is 17.8 Å². The predicted molar refractivity (Wildman–Crippen MR) is 151 cm³/mol. The third-order valence-corrected chi connectivity index (χ3v) is 7.28. The molecule has 1 heterocycles. The standard InChI is InChI=1S/C31H48N2O6/c1-22(34)20-33(26-16-18-32(19-17-26)29(36)39-31(5,6)7)25-12-8-23(9-13-25)24-10-14-27(15-11-24)37-21-28(35)38-30(2,3)4/h10-11,14-15,23,25-26H,8-9,12-13,16-21H2,1-7H3. The van der Waals surface area contributed by atoms with Gasteiger partial charge in [-0.05, 0) is 111 Å². The van der Waals surface area contributed by atoms with Gasteiger partial charge < -0.3 is 19.1 Å². The number of likely N-dealkylation sites (tertiary alicyclic amines) is 1. The number of ketones is 1. The molecule has 0 unspecified atom stereocenters. The van der Waals surface area contributed by atoms with Gasteiger partial charge in [-0.2, -0.15) is 0 Å². The molecule has 1 amide bonds. The van der Waals surface area contributed by atoms with Crippen LogP contribution in [-0.4, -0.2) is 77.2 Å². The van der Waals surface area contributed by atoms with E-state index in [0.717, 1.165) is 38.5 Å². The lowest BCUT2D eigenvalue weighted by molar-refractivity contribution is -0.157. The van der Waals surface area contributed by atoms with Crippen LogP contribution in [0.3, 0.4) is 0 Å². The monoisotopic (exact) mass is 544 g/mol. The summed E-state index contributed by atoms with van der Waals surface area (Å²) in [4.78, 5) is 40.8. The van der Waals surface area contributed by atoms with Gasteiger partial charge in [-0.1, -0.05) is 12.1 Å². The second-order valence-corrected chi connectivity index (χ2v) is 13.0. The van der Waals surface area contributed by atoms with Crippen molar-refractivity contribution in [1.29, 1.82) is 0 Å². The van der Waals surface area contributed by atoms with Gasteiger partial charge in [-0.25, -0.2) is 9.59 Å². The Morgan fingerprint density at radius 3 is 1.87 bits per heavy atom. The molecule has 0 spiro atoms. The van der Waals surface area contributed by atoms with Gasteiger partial charge >= 0.3 is 12.1 Å². The van der Waals surface area contributed by atoms with E-state index in [0.29, 0.717) is 43.4 Å². The molecule has 0 N–H and O–H groups in total. The smallest absolute Gasteiger partial charge is 0.410 e. The number of carbonyl (C=O) groups excluding carboxylic acids is 3. The minimum absolute atomic E-state index is 0.107. The topological polar surface area (TPSA) is 85.4 Å². The lowest BCUT2D eigenvalue weighted by Crippen LogP contribution is -2.52. The summed E-state index contributed by atoms with van der Waals surface area (Å²) >= 11 is 0. The molecule has 39 heavy (non-hydrogen) atoms. The van der Waals surface area contributed by atoms with Crippen LogP contribution < -0.4 is 4.74 Å². The lowest BCUT2D eigenvalue weighted by atomic mass is 9.80. The van der Waals surface area contributed by atoms with Crippen molar-refractivity contribution in [2.75, 3.05) is 26.2 Å². The number of carbonyl (C=O) groups is 3. The summed E-state index contributed by atoms with van der Waals surface area (Å²) in [6, 6.07) is 8.71. The van der Waals surface area contributed by atoms with Crippen LogP contribution in [0, 0.1) is 0 Å². The van der Waals surface area contributed by atoms with Crippen molar-refractivity contribution in [2.24, 2.45) is 0 Å². The summed E-state index contributed by atoms with van der Waals surface area (Å²) in [7, 11) is 0. The summed E-state index contributed by atoms with van der Waals surface area (Å²) in [5.41, 5.74) is 0.253. The average molecular weight is 545 g/mol. The zero-order chi connectivity index (χ0) is 28.8. The van der Waals surface area contributed by atoms with Crippen LogP contribution in [0.5, 0.6) is 5.75 Å². The zero-order valence-electron chi connectivity index (χ0n) is 25.0. The van der Waals surface area contributed by atoms with Crippen LogP contribution in [0.25, 0.3) is 0 Å². The maximum absolute atomic E-state index is 12.5. The van der Waals surface area contributed by atoms with E-state index in [1.165, 1.54) is 5.56 Å². The molecule has 0 aromatic heterocycles. The van der Waals surface area contributed by atoms with Crippen molar-refractivity contribution in [3.8, 4) is 5.75 Å². The number of Topliss-reactive ketones (excluding diaryl/α,β-unsaturated/α-hetero) is 1. The molecule has 1 saturated heterocycles. The highest BCUT2D eigenvalue weighted by molar-refractivity contribution is 5.77. The number of hydrogen-bond donors (Lipinski definition) is 0. The van der Waals surface area contributed by atoms with Crippen LogP contribution >= 0.6 is 0 Å². The number of benzene rings is 1. The summed E-state index contributed by atoms with van der Waals surface area (Å²) < 4.78 is 16.5. The summed E-state index contributed by atoms with van der Waals surface area (Å²) in [6.45, 7) is 14.5. The fraction of sp³-hybridized carbons (Fsp3) is 0.710. The highest BCUT2D eigenvalue weighted by atomic mass is 16.6. The fourth-order valence-corrected chi connectivity index (χ4v) is 5.61. The predicted octanol–water partition coefficient (Wildman–Crippen LogP) is 5.72. The number of amides is 1. The van der Waals surface area contributed by atoms with Gasteiger partial charge in [0.25, 0.3) is 0 Å². The Morgan fingerprint density at radius 1 is 0.821 bits per heavy atom. The molecule has 1 aromatic carbocycles. The molecule has 3 rings (SSSR count). The number of ether oxygens (including phenoxy) is 3. The van der Waals surface area contributed by atoms with Gasteiger partial charge in [0.15, 0.2) is 6.61 Å². The molecule has 1 aliphatic heterocycles. The minimum Gasteiger partial charge on any atom is -0.482 e. The van der Waals surface area contributed by atoms with Crippen LogP contribution in [0.2, 0.25) is 0 Å². The summed E-state index contributed by atoms with van der Waals surface area (Å²) in [6.07, 6.45) is 5.68. The first-order valence-electron chi connectivity index (χ1n) is 14.4. The second-order valence-electron chi connectivity index (χ2n) is 13.0. The molecule has 0 atom stereocenters. The average Bonchev–Trinajstić information content (AvgIpc) is 2.84. The first-order valence-corrected chi connectivity index (χ1v) is 14.4. The molecule has 2 aliphatic rings. The Morgan fingerprint density at radius 2 is 1.36 bits per heavy atom. The van der Waals surface area contributed by atoms with E-state index < -0.39 is 11.2 Å². The number of piperidine rings is 1. The number of hydrogen-bond acceptors (Lipinski definition) is 7. The Kier molecular flexibility index (Phi) is 10.4. The van der Waals surface area contributed by atoms with Crippen LogP contribution in [0.15, 0.2) is 24.3 Å². The van der Waals surface area contributed by atoms with Crippen molar-refractivity contribution in [1.82, 2.24) is 9.80 Å². The van der Waals surface area contributed by atoms with Gasteiger partial charge in [-0.3, -0.25) is 9.69 Å². The van der Waals surface area contributed by atoms with E-state index >= 15 is 0 Å². The zero-order valence-corrected chi connectivity index (χ0v) is 25.0. The third kappa shape index (κ3) is 10.1. The molecule has 218 valence electrons. The van der Waals surface area contributed by atoms with Crippen LogP contribution in [0.1, 0.15) is 98.5 Å². The Balaban J connectivity index is 1.51. The van der Waals surface area contributed by atoms with Gasteiger partial charge in [0, 0.05) is 25.2 Å². The molecule has 1 aliphatic carbocycles. The molecule has 1 saturated carbocycles. The highest BCUT2D eigenvalue weighted by Crippen LogP contribution is 2.37. The van der Waals surface area contributed by atoms with E-state index in [1.54, 1.807) is 11.8 Å². The van der Waals surface area contributed by atoms with Gasteiger partial charge in [0.1, 0.15) is 22.7 Å². The quantitative estimate of drug-likeness (QED) is 0.387. The van der Waals surface area contributed by atoms with Crippen molar-refractivity contribution in [2.45, 2.75) is 116 Å². The van der Waals surface area contributed by atoms with Crippen molar-refractivity contribution < 1.29 is 28.6 Å². The third-order valence-electron chi connectivity index (χ3n) is 7.28. The largest absolute Gasteiger partial charge is 0.482 e. The Bertz CT molecular complexity index is 962. The molecule has 1 aromatic rings. The molecule has 2 fully saturated rings. The first-order chi connectivity index (χ1) is 18.2. The van der Waals surface area contributed by atoms with Gasteiger partial charge in [0.05, 0.1) is 6.54 Å². The SMILES string of the molecule is CC(=O)CN(C1CCC(c2ccc(OCC(=O)OC(C)(C)C)cc2)CC1)C1CCN(C(=O)OC(C)(C)C)CC1. The lowest BCUT2D eigenvalue weighted by Gasteiger charge is -2.44. The van der Waals surface area contributed by atoms with Gasteiger partial charge in [0.2, 0.25) is 0 Å². The number of rotatable bonds is 8. The molecule has 0 radical (unpaired) electrons. The summed E-state index contributed by atoms with van der Waals surface area (Å²) in [5, 5.41) is 0. The molecule has 8 heteroatoms. The van der Waals surface area contributed by atoms with E-state index in [4.69, 9.17) is 14.2 Å². The number of nitrogens with zero attached hydrogens (tertiary/aromatic N) is 2. The normalized spacial score (nSPS) is 21.0. The molecular weight excluding hydrogens is 496 g/mol. The van der Waals surface area contributed by atoms with Crippen LogP contribution in [0.4, 0.5) is 4.79 Å². The molecule has 8 nitrogen and oxygen atoms in total. The highest BCUT2D eigenvalue weighted by Gasteiger charge is 2.35. The number of esters is 1. The van der Waals surface area contributed by atoms with Crippen molar-refractivity contribution in [3.05, 3.63) is 29.8 Å². The first kappa shape index (κ1) is 30.9. The summed E-state index contributed by atoms with van der Waals surface area (Å²) in [5.74, 6) is 0.933. The van der Waals surface area contributed by atoms with Crippen LogP contribution in [-0.2, 0) is 19.1 Å².